The van der Waals surface area contributed by atoms with E-state index in [1.807, 2.05) is 35.2 Å². The standard InChI is InChI=1S/C20H20N2O2/c1-21-17-5-3-2-4-15(17)16-9-12(6-7-18(16)21)20(24)22-11-13-8-14(22)10-19(13)23/h2-7,9,13-14,19,23H,8,10-11H2,1H3. The molecule has 2 bridgehead atoms. The number of aliphatic hydroxyl groups is 1. The Morgan fingerprint density at radius 1 is 1.08 bits per heavy atom. The number of carbonyl (C=O) groups is 1. The van der Waals surface area contributed by atoms with Crippen molar-refractivity contribution in [1.82, 2.24) is 9.47 Å². The van der Waals surface area contributed by atoms with Gasteiger partial charge in [-0.05, 0) is 37.1 Å². The van der Waals surface area contributed by atoms with Gasteiger partial charge in [0, 0.05) is 52.9 Å². The van der Waals surface area contributed by atoms with E-state index < -0.39 is 0 Å². The molecule has 2 aromatic carbocycles. The van der Waals surface area contributed by atoms with E-state index in [1.165, 1.54) is 10.9 Å². The highest BCUT2D eigenvalue weighted by Gasteiger charge is 2.45. The van der Waals surface area contributed by atoms with E-state index in [0.717, 1.165) is 29.3 Å². The number of likely N-dealkylation sites (tertiary alicyclic amines) is 1. The van der Waals surface area contributed by atoms with Gasteiger partial charge in [-0.3, -0.25) is 4.79 Å². The third kappa shape index (κ3) is 1.80. The molecule has 4 nitrogen and oxygen atoms in total. The fraction of sp³-hybridized carbons (Fsp3) is 0.350. The van der Waals surface area contributed by atoms with Crippen LogP contribution in [-0.4, -0.2) is 39.2 Å². The third-order valence-electron chi connectivity index (χ3n) is 5.93. The first-order valence-corrected chi connectivity index (χ1v) is 8.59. The number of hydrogen-bond acceptors (Lipinski definition) is 2. The minimum Gasteiger partial charge on any atom is -0.393 e. The first-order chi connectivity index (χ1) is 11.6. The number of nitrogens with zero attached hydrogens (tertiary/aromatic N) is 2. The molecule has 122 valence electrons. The molecular formula is C20H20N2O2. The van der Waals surface area contributed by atoms with Gasteiger partial charge in [0.15, 0.2) is 0 Å². The number of piperidine rings is 1. The Morgan fingerprint density at radius 3 is 2.62 bits per heavy atom. The topological polar surface area (TPSA) is 45.5 Å². The number of rotatable bonds is 1. The maximum absolute atomic E-state index is 13.0. The monoisotopic (exact) mass is 320 g/mol. The van der Waals surface area contributed by atoms with Gasteiger partial charge in [0.1, 0.15) is 0 Å². The molecule has 2 aliphatic rings. The Bertz CT molecular complexity index is 972. The highest BCUT2D eigenvalue weighted by atomic mass is 16.3. The second kappa shape index (κ2) is 4.84. The fourth-order valence-corrected chi connectivity index (χ4v) is 4.64. The molecule has 1 saturated carbocycles. The number of aryl methyl sites for hydroxylation is 1. The minimum absolute atomic E-state index is 0.101. The van der Waals surface area contributed by atoms with Crippen molar-refractivity contribution >= 4 is 27.7 Å². The summed E-state index contributed by atoms with van der Waals surface area (Å²) in [4.78, 5) is 14.9. The molecule has 3 atom stereocenters. The number of aliphatic hydroxyl groups excluding tert-OH is 1. The van der Waals surface area contributed by atoms with E-state index in [-0.39, 0.29) is 24.0 Å². The maximum Gasteiger partial charge on any atom is 0.254 e. The lowest BCUT2D eigenvalue weighted by molar-refractivity contribution is 0.0516. The number of hydrogen-bond donors (Lipinski definition) is 1. The summed E-state index contributed by atoms with van der Waals surface area (Å²) in [6.45, 7) is 0.693. The molecule has 24 heavy (non-hydrogen) atoms. The maximum atomic E-state index is 13.0. The molecule has 2 heterocycles. The molecule has 5 rings (SSSR count). The number of benzene rings is 2. The summed E-state index contributed by atoms with van der Waals surface area (Å²) in [5.74, 6) is 0.365. The summed E-state index contributed by atoms with van der Waals surface area (Å²) >= 11 is 0. The van der Waals surface area contributed by atoms with Crippen LogP contribution in [0.5, 0.6) is 0 Å². The molecule has 3 unspecified atom stereocenters. The first-order valence-electron chi connectivity index (χ1n) is 8.59. The molecule has 3 aromatic rings. The van der Waals surface area contributed by atoms with Crippen molar-refractivity contribution in [3.05, 3.63) is 48.0 Å². The zero-order valence-corrected chi connectivity index (χ0v) is 13.6. The minimum atomic E-state index is -0.223. The summed E-state index contributed by atoms with van der Waals surface area (Å²) in [6.07, 6.45) is 1.45. The smallest absolute Gasteiger partial charge is 0.254 e. The third-order valence-corrected chi connectivity index (χ3v) is 5.93. The van der Waals surface area contributed by atoms with Gasteiger partial charge in [-0.1, -0.05) is 18.2 Å². The van der Waals surface area contributed by atoms with Crippen molar-refractivity contribution < 1.29 is 9.90 Å². The van der Waals surface area contributed by atoms with Crippen LogP contribution in [0.15, 0.2) is 42.5 Å². The van der Waals surface area contributed by atoms with Crippen LogP contribution in [0.25, 0.3) is 21.8 Å². The largest absolute Gasteiger partial charge is 0.393 e. The zero-order valence-electron chi connectivity index (χ0n) is 13.6. The highest BCUT2D eigenvalue weighted by Crippen LogP contribution is 2.39. The molecule has 0 radical (unpaired) electrons. The van der Waals surface area contributed by atoms with Crippen molar-refractivity contribution in [3.63, 3.8) is 0 Å². The van der Waals surface area contributed by atoms with E-state index in [0.29, 0.717) is 6.54 Å². The highest BCUT2D eigenvalue weighted by molar-refractivity contribution is 6.10. The molecule has 1 saturated heterocycles. The molecule has 1 aliphatic heterocycles. The summed E-state index contributed by atoms with van der Waals surface area (Å²) < 4.78 is 2.17. The second-order valence-corrected chi connectivity index (χ2v) is 7.22. The molecular weight excluding hydrogens is 300 g/mol. The molecule has 0 spiro atoms. The molecule has 1 aliphatic carbocycles. The average molecular weight is 320 g/mol. The zero-order chi connectivity index (χ0) is 16.4. The SMILES string of the molecule is Cn1c2ccccc2c2cc(C(=O)N3CC4CC3CC4O)ccc21. The van der Waals surface area contributed by atoms with Crippen LogP contribution in [-0.2, 0) is 7.05 Å². The molecule has 2 fully saturated rings. The fourth-order valence-electron chi connectivity index (χ4n) is 4.64. The quantitative estimate of drug-likeness (QED) is 0.749. The summed E-state index contributed by atoms with van der Waals surface area (Å²) in [6, 6.07) is 14.5. The van der Waals surface area contributed by atoms with Gasteiger partial charge in [0.05, 0.1) is 6.10 Å². The number of aromatic nitrogens is 1. The van der Waals surface area contributed by atoms with Crippen molar-refractivity contribution in [1.29, 1.82) is 0 Å². The number of carbonyl (C=O) groups excluding carboxylic acids is 1. The first kappa shape index (κ1) is 14.1. The van der Waals surface area contributed by atoms with Crippen molar-refractivity contribution in [2.75, 3.05) is 6.54 Å². The van der Waals surface area contributed by atoms with Crippen molar-refractivity contribution in [3.8, 4) is 0 Å². The van der Waals surface area contributed by atoms with Gasteiger partial charge < -0.3 is 14.6 Å². The Balaban J connectivity index is 1.58. The van der Waals surface area contributed by atoms with E-state index >= 15 is 0 Å². The lowest BCUT2D eigenvalue weighted by atomic mass is 10.0. The Kier molecular flexibility index (Phi) is 2.83. The van der Waals surface area contributed by atoms with Crippen LogP contribution in [0.4, 0.5) is 0 Å². The van der Waals surface area contributed by atoms with E-state index in [1.54, 1.807) is 0 Å². The molecule has 1 aromatic heterocycles. The Hall–Kier alpha value is -2.33. The van der Waals surface area contributed by atoms with Gasteiger partial charge in [0.2, 0.25) is 0 Å². The van der Waals surface area contributed by atoms with E-state index in [2.05, 4.69) is 23.7 Å². The van der Waals surface area contributed by atoms with Crippen LogP contribution in [0, 0.1) is 5.92 Å². The summed E-state index contributed by atoms with van der Waals surface area (Å²) in [5.41, 5.74) is 3.08. The van der Waals surface area contributed by atoms with Crippen LogP contribution < -0.4 is 0 Å². The van der Waals surface area contributed by atoms with E-state index in [9.17, 15) is 9.90 Å². The second-order valence-electron chi connectivity index (χ2n) is 7.22. The Labute approximate surface area is 140 Å². The van der Waals surface area contributed by atoms with Gasteiger partial charge in [-0.15, -0.1) is 0 Å². The number of para-hydroxylation sites is 1. The normalized spacial score (nSPS) is 25.9. The Morgan fingerprint density at radius 2 is 1.88 bits per heavy atom. The predicted molar refractivity (Wildman–Crippen MR) is 94.0 cm³/mol. The van der Waals surface area contributed by atoms with Gasteiger partial charge >= 0.3 is 0 Å². The predicted octanol–water partition coefficient (Wildman–Crippen LogP) is 2.93. The van der Waals surface area contributed by atoms with Crippen LogP contribution >= 0.6 is 0 Å². The lowest BCUT2D eigenvalue weighted by Crippen LogP contribution is -2.41. The summed E-state index contributed by atoms with van der Waals surface area (Å²) in [7, 11) is 2.06. The van der Waals surface area contributed by atoms with Crippen LogP contribution in [0.3, 0.4) is 0 Å². The van der Waals surface area contributed by atoms with Crippen LogP contribution in [0.1, 0.15) is 23.2 Å². The number of amides is 1. The number of fused-ring (bicyclic) bond motifs is 5. The lowest BCUT2D eigenvalue weighted by Gasteiger charge is -2.29. The van der Waals surface area contributed by atoms with Gasteiger partial charge in [0.25, 0.3) is 5.91 Å². The van der Waals surface area contributed by atoms with Crippen molar-refractivity contribution in [2.24, 2.45) is 13.0 Å². The van der Waals surface area contributed by atoms with Gasteiger partial charge in [-0.2, -0.15) is 0 Å². The van der Waals surface area contributed by atoms with Gasteiger partial charge in [-0.25, -0.2) is 0 Å². The molecule has 4 heteroatoms. The summed E-state index contributed by atoms with van der Waals surface area (Å²) in [5, 5.41) is 12.2. The van der Waals surface area contributed by atoms with Crippen LogP contribution in [0.2, 0.25) is 0 Å². The molecule has 1 N–H and O–H groups in total. The molecule has 1 amide bonds. The van der Waals surface area contributed by atoms with Crippen molar-refractivity contribution in [2.45, 2.75) is 25.0 Å². The average Bonchev–Trinajstić information content (AvgIpc) is 3.26. The van der Waals surface area contributed by atoms with E-state index in [4.69, 9.17) is 0 Å².